The van der Waals surface area contributed by atoms with Crippen molar-refractivity contribution in [2.45, 2.75) is 26.4 Å². The van der Waals surface area contributed by atoms with Crippen molar-refractivity contribution < 1.29 is 13.9 Å². The second-order valence-corrected chi connectivity index (χ2v) is 7.94. The van der Waals surface area contributed by atoms with Gasteiger partial charge in [0.2, 0.25) is 0 Å². The largest absolute Gasteiger partial charge is 0.487 e. The highest BCUT2D eigenvalue weighted by Crippen LogP contribution is 2.39. The fourth-order valence-electron chi connectivity index (χ4n) is 4.22. The van der Waals surface area contributed by atoms with Crippen molar-refractivity contribution in [3.63, 3.8) is 0 Å². The van der Waals surface area contributed by atoms with Gasteiger partial charge < -0.3 is 15.0 Å². The number of rotatable bonds is 4. The highest BCUT2D eigenvalue weighted by molar-refractivity contribution is 6.06. The predicted octanol–water partition coefficient (Wildman–Crippen LogP) is 4.72. The number of ether oxygens (including phenoxy) is 1. The summed E-state index contributed by atoms with van der Waals surface area (Å²) in [5.74, 6) is 0.187. The third-order valence-corrected chi connectivity index (χ3v) is 5.91. The van der Waals surface area contributed by atoms with Gasteiger partial charge in [0, 0.05) is 46.6 Å². The van der Waals surface area contributed by atoms with E-state index in [1.54, 1.807) is 12.4 Å². The number of halogens is 1. The smallest absolute Gasteiger partial charge is 0.253 e. The lowest BCUT2D eigenvalue weighted by Gasteiger charge is -2.14. The number of hydrogen-bond acceptors (Lipinski definition) is 3. The molecule has 1 unspecified atom stereocenters. The molecular formula is C25H22FN3O2. The minimum Gasteiger partial charge on any atom is -0.487 e. The fraction of sp³-hybridized carbons (Fsp3) is 0.200. The quantitative estimate of drug-likeness (QED) is 0.507. The maximum atomic E-state index is 14.2. The molecule has 0 saturated carbocycles. The van der Waals surface area contributed by atoms with Crippen molar-refractivity contribution in [3.8, 4) is 16.9 Å². The molecule has 0 bridgehead atoms. The highest BCUT2D eigenvalue weighted by atomic mass is 19.1. The average molecular weight is 415 g/mol. The molecule has 2 N–H and O–H groups in total. The van der Waals surface area contributed by atoms with Crippen LogP contribution in [0.3, 0.4) is 0 Å². The monoisotopic (exact) mass is 415 g/mol. The zero-order valence-corrected chi connectivity index (χ0v) is 17.3. The number of pyridine rings is 1. The molecule has 3 heterocycles. The molecule has 0 saturated heterocycles. The average Bonchev–Trinajstić information content (AvgIpc) is 3.32. The van der Waals surface area contributed by atoms with Crippen molar-refractivity contribution >= 4 is 16.8 Å². The van der Waals surface area contributed by atoms with Crippen LogP contribution >= 0.6 is 0 Å². The Labute approximate surface area is 179 Å². The van der Waals surface area contributed by atoms with Crippen LogP contribution in [0.2, 0.25) is 0 Å². The number of hydrogen-bond donors (Lipinski definition) is 2. The van der Waals surface area contributed by atoms with E-state index in [1.807, 2.05) is 44.2 Å². The Morgan fingerprint density at radius 2 is 2.13 bits per heavy atom. The summed E-state index contributed by atoms with van der Waals surface area (Å²) in [4.78, 5) is 20.3. The van der Waals surface area contributed by atoms with Crippen LogP contribution in [-0.4, -0.2) is 28.5 Å². The molecule has 2 aromatic carbocycles. The van der Waals surface area contributed by atoms with Crippen LogP contribution in [0, 0.1) is 19.7 Å². The third-order valence-electron chi connectivity index (χ3n) is 5.91. The Hall–Kier alpha value is -3.67. The van der Waals surface area contributed by atoms with E-state index < -0.39 is 0 Å². The summed E-state index contributed by atoms with van der Waals surface area (Å²) in [5, 5.41) is 4.03. The Morgan fingerprint density at radius 3 is 2.94 bits per heavy atom. The summed E-state index contributed by atoms with van der Waals surface area (Å²) < 4.78 is 20.3. The maximum absolute atomic E-state index is 14.2. The standard InChI is InChI=1S/C25H22FN3O2/c1-14-15(2)29-23-20(14)6-3-7-21(23)25(30)28-13-19-10-17-9-18(26)11-22(24(17)31-19)16-5-4-8-27-12-16/h3-9,11-12,19,29H,10,13H2,1-2H3,(H,28,30). The van der Waals surface area contributed by atoms with Gasteiger partial charge in [0.25, 0.3) is 5.91 Å². The van der Waals surface area contributed by atoms with E-state index in [-0.39, 0.29) is 17.8 Å². The van der Waals surface area contributed by atoms with Crippen molar-refractivity contribution in [1.29, 1.82) is 0 Å². The molecular weight excluding hydrogens is 393 g/mol. The van der Waals surface area contributed by atoms with Gasteiger partial charge in [-0.3, -0.25) is 9.78 Å². The number of carbonyl (C=O) groups excluding carboxylic acids is 1. The summed E-state index contributed by atoms with van der Waals surface area (Å²) in [6.45, 7) is 4.37. The van der Waals surface area contributed by atoms with Crippen LogP contribution in [0.5, 0.6) is 5.75 Å². The number of benzene rings is 2. The lowest BCUT2D eigenvalue weighted by Crippen LogP contribution is -2.34. The van der Waals surface area contributed by atoms with E-state index >= 15 is 0 Å². The molecule has 0 aliphatic carbocycles. The fourth-order valence-corrected chi connectivity index (χ4v) is 4.22. The molecule has 1 aliphatic rings. The third kappa shape index (κ3) is 3.44. The van der Waals surface area contributed by atoms with Crippen molar-refractivity contribution in [1.82, 2.24) is 15.3 Å². The van der Waals surface area contributed by atoms with Crippen LogP contribution in [-0.2, 0) is 6.42 Å². The van der Waals surface area contributed by atoms with Crippen LogP contribution in [0.1, 0.15) is 27.2 Å². The molecule has 0 spiro atoms. The molecule has 1 amide bonds. The minimum absolute atomic E-state index is 0.162. The highest BCUT2D eigenvalue weighted by Gasteiger charge is 2.27. The number of fused-ring (bicyclic) bond motifs is 2. The van der Waals surface area contributed by atoms with Gasteiger partial charge >= 0.3 is 0 Å². The van der Waals surface area contributed by atoms with E-state index in [0.29, 0.717) is 29.8 Å². The molecule has 156 valence electrons. The van der Waals surface area contributed by atoms with Crippen LogP contribution in [0.25, 0.3) is 22.0 Å². The first-order valence-electron chi connectivity index (χ1n) is 10.3. The number of carbonyl (C=O) groups is 1. The Balaban J connectivity index is 1.34. The number of nitrogens with zero attached hydrogens (tertiary/aromatic N) is 1. The SMILES string of the molecule is Cc1[nH]c2c(C(=O)NCC3Cc4cc(F)cc(-c5cccnc5)c4O3)cccc2c1C. The van der Waals surface area contributed by atoms with Gasteiger partial charge in [-0.2, -0.15) is 0 Å². The molecule has 1 aliphatic heterocycles. The molecule has 0 fully saturated rings. The molecule has 5 nitrogen and oxygen atoms in total. The second-order valence-electron chi connectivity index (χ2n) is 7.94. The molecule has 0 radical (unpaired) electrons. The summed E-state index contributed by atoms with van der Waals surface area (Å²) in [6, 6.07) is 12.4. The summed E-state index contributed by atoms with van der Waals surface area (Å²) in [6.07, 6.45) is 3.64. The van der Waals surface area contributed by atoms with Crippen LogP contribution < -0.4 is 10.1 Å². The van der Waals surface area contributed by atoms with Gasteiger partial charge in [0.1, 0.15) is 17.7 Å². The zero-order chi connectivity index (χ0) is 21.5. The summed E-state index contributed by atoms with van der Waals surface area (Å²) in [5.41, 5.74) is 5.92. The zero-order valence-electron chi connectivity index (χ0n) is 17.3. The van der Waals surface area contributed by atoms with E-state index in [2.05, 4.69) is 15.3 Å². The Bertz CT molecular complexity index is 1300. The van der Waals surface area contributed by atoms with Gasteiger partial charge in [-0.25, -0.2) is 4.39 Å². The number of H-pyrrole nitrogens is 1. The molecule has 4 aromatic rings. The molecule has 31 heavy (non-hydrogen) atoms. The Morgan fingerprint density at radius 1 is 1.26 bits per heavy atom. The van der Waals surface area contributed by atoms with Gasteiger partial charge in [0.15, 0.2) is 0 Å². The first-order valence-corrected chi connectivity index (χ1v) is 10.3. The number of para-hydroxylation sites is 1. The Kier molecular flexibility index (Phi) is 4.70. The number of aryl methyl sites for hydroxylation is 2. The van der Waals surface area contributed by atoms with Gasteiger partial charge in [-0.15, -0.1) is 0 Å². The number of nitrogens with one attached hydrogen (secondary N) is 2. The lowest BCUT2D eigenvalue weighted by atomic mass is 10.0. The van der Waals surface area contributed by atoms with Crippen molar-refractivity contribution in [2.24, 2.45) is 0 Å². The molecule has 6 heteroatoms. The van der Waals surface area contributed by atoms with E-state index in [4.69, 9.17) is 4.74 Å². The van der Waals surface area contributed by atoms with Crippen molar-refractivity contribution in [3.05, 3.63) is 83.1 Å². The number of amides is 1. The van der Waals surface area contributed by atoms with E-state index in [9.17, 15) is 9.18 Å². The minimum atomic E-state index is -0.310. The maximum Gasteiger partial charge on any atom is 0.253 e. The predicted molar refractivity (Wildman–Crippen MR) is 118 cm³/mol. The van der Waals surface area contributed by atoms with Gasteiger partial charge in [0.05, 0.1) is 17.6 Å². The summed E-state index contributed by atoms with van der Waals surface area (Å²) >= 11 is 0. The first-order chi connectivity index (χ1) is 15.0. The topological polar surface area (TPSA) is 67.0 Å². The van der Waals surface area contributed by atoms with Gasteiger partial charge in [-0.05, 0) is 43.7 Å². The first kappa shape index (κ1) is 19.3. The number of aromatic amines is 1. The van der Waals surface area contributed by atoms with Crippen LogP contribution in [0.15, 0.2) is 54.9 Å². The summed E-state index contributed by atoms with van der Waals surface area (Å²) in [7, 11) is 0. The normalized spacial score (nSPS) is 15.0. The molecule has 1 atom stereocenters. The molecule has 5 rings (SSSR count). The number of aromatic nitrogens is 2. The van der Waals surface area contributed by atoms with E-state index in [0.717, 1.165) is 33.3 Å². The van der Waals surface area contributed by atoms with Crippen LogP contribution in [0.4, 0.5) is 4.39 Å². The molecule has 2 aromatic heterocycles. The van der Waals surface area contributed by atoms with Crippen molar-refractivity contribution in [2.75, 3.05) is 6.54 Å². The lowest BCUT2D eigenvalue weighted by molar-refractivity contribution is 0.0935. The van der Waals surface area contributed by atoms with E-state index in [1.165, 1.54) is 12.1 Å². The second kappa shape index (κ2) is 7.54. The van der Waals surface area contributed by atoms with Gasteiger partial charge in [-0.1, -0.05) is 18.2 Å².